The zero-order valence-electron chi connectivity index (χ0n) is 13.3. The average molecular weight is 338 g/mol. The molecule has 0 aliphatic rings. The maximum Gasteiger partial charge on any atom is 0.345 e. The Hall–Kier alpha value is -3.48. The van der Waals surface area contributed by atoms with Gasteiger partial charge in [0.15, 0.2) is 0 Å². The van der Waals surface area contributed by atoms with Gasteiger partial charge >= 0.3 is 5.97 Å². The summed E-state index contributed by atoms with van der Waals surface area (Å²) in [7, 11) is 0. The van der Waals surface area contributed by atoms with Gasteiger partial charge in [-0.15, -0.1) is 0 Å². The van der Waals surface area contributed by atoms with E-state index in [1.165, 1.54) is 18.4 Å². The fourth-order valence-corrected chi connectivity index (χ4v) is 2.37. The summed E-state index contributed by atoms with van der Waals surface area (Å²) in [6.07, 6.45) is 1.39. The number of carbonyl (C=O) groups excluding carboxylic acids is 1. The Morgan fingerprint density at radius 2 is 1.96 bits per heavy atom. The van der Waals surface area contributed by atoms with E-state index in [-0.39, 0.29) is 17.9 Å². The van der Waals surface area contributed by atoms with Crippen LogP contribution in [0.5, 0.6) is 0 Å². The number of carbonyl (C=O) groups is 1. The normalized spacial score (nSPS) is 10.4. The SMILES string of the molecule is Cc1cccc([N+](=O)[O-])c1C(=O)OCc1coc(-c2ccccc2)n1. The summed E-state index contributed by atoms with van der Waals surface area (Å²) in [5.41, 5.74) is 1.36. The molecule has 0 saturated carbocycles. The summed E-state index contributed by atoms with van der Waals surface area (Å²) in [4.78, 5) is 27.0. The number of nitro benzene ring substituents is 1. The molecular weight excluding hydrogens is 324 g/mol. The van der Waals surface area contributed by atoms with Crippen LogP contribution in [0.15, 0.2) is 59.2 Å². The summed E-state index contributed by atoms with van der Waals surface area (Å²) in [5, 5.41) is 11.1. The lowest BCUT2D eigenvalue weighted by molar-refractivity contribution is -0.385. The van der Waals surface area contributed by atoms with E-state index in [0.717, 1.165) is 5.56 Å². The van der Waals surface area contributed by atoms with E-state index in [2.05, 4.69) is 4.98 Å². The Morgan fingerprint density at radius 1 is 1.20 bits per heavy atom. The highest BCUT2D eigenvalue weighted by molar-refractivity contribution is 5.95. The van der Waals surface area contributed by atoms with Crippen molar-refractivity contribution in [1.82, 2.24) is 4.98 Å². The maximum atomic E-state index is 12.3. The molecule has 0 N–H and O–H groups in total. The molecule has 0 saturated heterocycles. The van der Waals surface area contributed by atoms with Crippen molar-refractivity contribution >= 4 is 11.7 Å². The molecule has 3 aromatic rings. The summed E-state index contributed by atoms with van der Waals surface area (Å²) < 4.78 is 10.5. The average Bonchev–Trinajstić information content (AvgIpc) is 3.09. The molecule has 0 unspecified atom stereocenters. The summed E-state index contributed by atoms with van der Waals surface area (Å²) >= 11 is 0. The Balaban J connectivity index is 1.74. The molecule has 3 rings (SSSR count). The van der Waals surface area contributed by atoms with Gasteiger partial charge in [0.2, 0.25) is 5.89 Å². The molecule has 0 fully saturated rings. The van der Waals surface area contributed by atoms with E-state index in [4.69, 9.17) is 9.15 Å². The summed E-state index contributed by atoms with van der Waals surface area (Å²) in [5.74, 6) is -0.359. The molecule has 0 bridgehead atoms. The number of aromatic nitrogens is 1. The predicted molar refractivity (Wildman–Crippen MR) is 88.9 cm³/mol. The third kappa shape index (κ3) is 3.55. The van der Waals surface area contributed by atoms with Gasteiger partial charge in [-0.1, -0.05) is 30.3 Å². The van der Waals surface area contributed by atoms with Gasteiger partial charge in [0.1, 0.15) is 24.1 Å². The second-order valence-corrected chi connectivity index (χ2v) is 5.31. The number of rotatable bonds is 5. The first kappa shape index (κ1) is 16.4. The Kier molecular flexibility index (Phi) is 4.56. The first-order valence-electron chi connectivity index (χ1n) is 7.47. The Morgan fingerprint density at radius 3 is 2.68 bits per heavy atom. The molecule has 1 aromatic heterocycles. The second-order valence-electron chi connectivity index (χ2n) is 5.31. The Labute approximate surface area is 143 Å². The molecule has 7 heteroatoms. The monoisotopic (exact) mass is 338 g/mol. The van der Waals surface area contributed by atoms with Crippen LogP contribution in [-0.4, -0.2) is 15.9 Å². The van der Waals surface area contributed by atoms with E-state index >= 15 is 0 Å². The minimum Gasteiger partial charge on any atom is -0.455 e. The van der Waals surface area contributed by atoms with Gasteiger partial charge in [-0.2, -0.15) is 0 Å². The highest BCUT2D eigenvalue weighted by Gasteiger charge is 2.23. The van der Waals surface area contributed by atoms with Crippen LogP contribution < -0.4 is 0 Å². The molecule has 0 atom stereocenters. The van der Waals surface area contributed by atoms with Crippen molar-refractivity contribution in [3.63, 3.8) is 0 Å². The Bertz CT molecular complexity index is 918. The molecule has 0 amide bonds. The van der Waals surface area contributed by atoms with Crippen LogP contribution in [0.4, 0.5) is 5.69 Å². The van der Waals surface area contributed by atoms with Crippen LogP contribution in [0, 0.1) is 17.0 Å². The van der Waals surface area contributed by atoms with E-state index < -0.39 is 10.9 Å². The van der Waals surface area contributed by atoms with E-state index in [0.29, 0.717) is 17.1 Å². The summed E-state index contributed by atoms with van der Waals surface area (Å²) in [6.45, 7) is 1.48. The number of nitro groups is 1. The first-order valence-corrected chi connectivity index (χ1v) is 7.47. The van der Waals surface area contributed by atoms with Gasteiger partial charge in [-0.25, -0.2) is 9.78 Å². The lowest BCUT2D eigenvalue weighted by atomic mass is 10.1. The van der Waals surface area contributed by atoms with Gasteiger partial charge in [0.05, 0.1) is 4.92 Å². The number of hydrogen-bond acceptors (Lipinski definition) is 6. The van der Waals surface area contributed by atoms with Gasteiger partial charge in [-0.3, -0.25) is 10.1 Å². The molecule has 126 valence electrons. The smallest absolute Gasteiger partial charge is 0.345 e. The number of hydrogen-bond donors (Lipinski definition) is 0. The minimum atomic E-state index is -0.769. The predicted octanol–water partition coefficient (Wildman–Crippen LogP) is 3.92. The molecule has 1 heterocycles. The number of aryl methyl sites for hydroxylation is 1. The second kappa shape index (κ2) is 6.96. The topological polar surface area (TPSA) is 95.5 Å². The van der Waals surface area contributed by atoms with Crippen molar-refractivity contribution in [3.8, 4) is 11.5 Å². The largest absolute Gasteiger partial charge is 0.455 e. The molecule has 0 aliphatic carbocycles. The van der Waals surface area contributed by atoms with Gasteiger partial charge in [-0.05, 0) is 24.6 Å². The standard InChI is InChI=1S/C18H14N2O5/c1-12-6-5-9-15(20(22)23)16(12)18(21)25-11-14-10-24-17(19-14)13-7-3-2-4-8-13/h2-10H,11H2,1H3. The first-order chi connectivity index (χ1) is 12.1. The molecule has 2 aromatic carbocycles. The molecule has 0 radical (unpaired) electrons. The number of ether oxygens (including phenoxy) is 1. The van der Waals surface area contributed by atoms with Gasteiger partial charge in [0, 0.05) is 11.6 Å². The van der Waals surface area contributed by atoms with Crippen molar-refractivity contribution in [1.29, 1.82) is 0 Å². The lowest BCUT2D eigenvalue weighted by Crippen LogP contribution is -2.10. The third-order valence-electron chi connectivity index (χ3n) is 3.58. The lowest BCUT2D eigenvalue weighted by Gasteiger charge is -2.06. The zero-order valence-corrected chi connectivity index (χ0v) is 13.3. The highest BCUT2D eigenvalue weighted by Crippen LogP contribution is 2.23. The number of benzene rings is 2. The van der Waals surface area contributed by atoms with Crippen LogP contribution in [-0.2, 0) is 11.3 Å². The number of esters is 1. The summed E-state index contributed by atoms with van der Waals surface area (Å²) in [6, 6.07) is 13.7. The van der Waals surface area contributed by atoms with E-state index in [1.54, 1.807) is 13.0 Å². The van der Waals surface area contributed by atoms with Crippen molar-refractivity contribution in [2.75, 3.05) is 0 Å². The molecule has 7 nitrogen and oxygen atoms in total. The fourth-order valence-electron chi connectivity index (χ4n) is 2.37. The molecular formula is C18H14N2O5. The van der Waals surface area contributed by atoms with Crippen molar-refractivity contribution in [2.45, 2.75) is 13.5 Å². The van der Waals surface area contributed by atoms with Crippen molar-refractivity contribution in [3.05, 3.63) is 81.7 Å². The van der Waals surface area contributed by atoms with Crippen LogP contribution in [0.1, 0.15) is 21.6 Å². The number of oxazole rings is 1. The molecule has 0 aliphatic heterocycles. The van der Waals surface area contributed by atoms with E-state index in [1.807, 2.05) is 30.3 Å². The van der Waals surface area contributed by atoms with Gasteiger partial charge in [0.25, 0.3) is 5.69 Å². The highest BCUT2D eigenvalue weighted by atomic mass is 16.6. The quantitative estimate of drug-likeness (QED) is 0.397. The van der Waals surface area contributed by atoms with Crippen LogP contribution in [0.25, 0.3) is 11.5 Å². The molecule has 0 spiro atoms. The number of nitrogens with zero attached hydrogens (tertiary/aromatic N) is 2. The van der Waals surface area contributed by atoms with Crippen molar-refractivity contribution < 1.29 is 18.9 Å². The van der Waals surface area contributed by atoms with Crippen LogP contribution in [0.3, 0.4) is 0 Å². The fraction of sp³-hybridized carbons (Fsp3) is 0.111. The van der Waals surface area contributed by atoms with Gasteiger partial charge < -0.3 is 9.15 Å². The zero-order chi connectivity index (χ0) is 17.8. The van der Waals surface area contributed by atoms with Crippen LogP contribution >= 0.6 is 0 Å². The third-order valence-corrected chi connectivity index (χ3v) is 3.58. The van der Waals surface area contributed by atoms with Crippen LogP contribution in [0.2, 0.25) is 0 Å². The van der Waals surface area contributed by atoms with E-state index in [9.17, 15) is 14.9 Å². The van der Waals surface area contributed by atoms with Crippen molar-refractivity contribution in [2.24, 2.45) is 0 Å². The minimum absolute atomic E-state index is 0.0562. The molecule has 25 heavy (non-hydrogen) atoms. The maximum absolute atomic E-state index is 12.3.